The van der Waals surface area contributed by atoms with Crippen molar-refractivity contribution < 1.29 is 35.8 Å². The van der Waals surface area contributed by atoms with E-state index in [0.717, 1.165) is 0 Å². The number of alkyl halides is 8. The van der Waals surface area contributed by atoms with Gasteiger partial charge in [-0.15, -0.1) is 0 Å². The monoisotopic (exact) mass is 320 g/mol. The molecule has 2 nitrogen and oxygen atoms in total. The van der Waals surface area contributed by atoms with E-state index in [2.05, 4.69) is 9.47 Å². The zero-order valence-electron chi connectivity index (χ0n) is 8.83. The predicted octanol–water partition coefficient (Wildman–Crippen LogP) is 3.81. The van der Waals surface area contributed by atoms with E-state index in [1.54, 1.807) is 0 Å². The molecule has 18 heavy (non-hydrogen) atoms. The van der Waals surface area contributed by atoms with E-state index >= 15 is 0 Å². The fourth-order valence-electron chi connectivity index (χ4n) is 1.27. The Balaban J connectivity index is 3.01. The number of halogens is 8. The van der Waals surface area contributed by atoms with Crippen molar-refractivity contribution in [2.24, 2.45) is 0 Å². The molecular formula is C8H8Cl2F6O2. The van der Waals surface area contributed by atoms with Crippen LogP contribution in [0.2, 0.25) is 0 Å². The zero-order chi connectivity index (χ0) is 14.4. The molecule has 0 bridgehead atoms. The van der Waals surface area contributed by atoms with E-state index in [0.29, 0.717) is 0 Å². The van der Waals surface area contributed by atoms with Gasteiger partial charge in [-0.25, -0.2) is 0 Å². The molecule has 0 aromatic rings. The van der Waals surface area contributed by atoms with Crippen LogP contribution in [0.25, 0.3) is 0 Å². The van der Waals surface area contributed by atoms with E-state index in [9.17, 15) is 26.3 Å². The second-order valence-electron chi connectivity index (χ2n) is 3.83. The van der Waals surface area contributed by atoms with Gasteiger partial charge in [0.1, 0.15) is 6.10 Å². The largest absolute Gasteiger partial charge is 0.426 e. The first-order valence-electron chi connectivity index (χ1n) is 4.64. The van der Waals surface area contributed by atoms with E-state index < -0.39 is 28.6 Å². The van der Waals surface area contributed by atoms with Crippen LogP contribution in [0, 0.1) is 0 Å². The molecule has 0 radical (unpaired) electrons. The zero-order valence-corrected chi connectivity index (χ0v) is 10.3. The van der Waals surface area contributed by atoms with Crippen molar-refractivity contribution >= 4 is 23.2 Å². The Morgan fingerprint density at radius 2 is 1.56 bits per heavy atom. The van der Waals surface area contributed by atoms with Crippen molar-refractivity contribution in [3.63, 3.8) is 0 Å². The number of ether oxygens (including phenoxy) is 2. The third-order valence-electron chi connectivity index (χ3n) is 2.51. The van der Waals surface area contributed by atoms with Crippen molar-refractivity contribution in [2.75, 3.05) is 6.61 Å². The van der Waals surface area contributed by atoms with E-state index in [-0.39, 0.29) is 20.0 Å². The average Bonchev–Trinajstić information content (AvgIpc) is 2.41. The molecule has 1 saturated heterocycles. The van der Waals surface area contributed by atoms with Crippen LogP contribution in [0.1, 0.15) is 13.3 Å². The summed E-state index contributed by atoms with van der Waals surface area (Å²) in [6.07, 6.45) is -13.3. The van der Waals surface area contributed by atoms with Crippen LogP contribution in [0.15, 0.2) is 0 Å². The Morgan fingerprint density at radius 1 is 1.11 bits per heavy atom. The molecule has 1 rings (SSSR count). The molecule has 0 saturated carbocycles. The second-order valence-corrected chi connectivity index (χ2v) is 5.15. The van der Waals surface area contributed by atoms with Crippen LogP contribution in [-0.2, 0) is 9.47 Å². The summed E-state index contributed by atoms with van der Waals surface area (Å²) in [5.41, 5.74) is -4.35. The molecule has 1 heterocycles. The topological polar surface area (TPSA) is 18.5 Å². The molecular weight excluding hydrogens is 313 g/mol. The van der Waals surface area contributed by atoms with Crippen LogP contribution in [0.4, 0.5) is 26.3 Å². The molecule has 0 amide bonds. The molecule has 0 aliphatic carbocycles. The number of rotatable bonds is 2. The normalized spacial score (nSPS) is 25.5. The second kappa shape index (κ2) is 4.57. The van der Waals surface area contributed by atoms with Crippen molar-refractivity contribution in [3.8, 4) is 0 Å². The first kappa shape index (κ1) is 16.1. The van der Waals surface area contributed by atoms with Crippen LogP contribution in [-0.4, -0.2) is 35.2 Å². The lowest BCUT2D eigenvalue weighted by molar-refractivity contribution is -0.384. The van der Waals surface area contributed by atoms with Crippen LogP contribution in [0.3, 0.4) is 0 Å². The van der Waals surface area contributed by atoms with Crippen molar-refractivity contribution in [3.05, 3.63) is 0 Å². The highest BCUT2D eigenvalue weighted by Crippen LogP contribution is 2.49. The minimum atomic E-state index is -5.66. The van der Waals surface area contributed by atoms with Crippen molar-refractivity contribution in [1.29, 1.82) is 0 Å². The third-order valence-corrected chi connectivity index (χ3v) is 3.21. The summed E-state index contributed by atoms with van der Waals surface area (Å²) < 4.78 is 81.7. The summed E-state index contributed by atoms with van der Waals surface area (Å²) in [5, 5.41) is 0. The first-order chi connectivity index (χ1) is 7.81. The number of hydrogen-bond donors (Lipinski definition) is 0. The van der Waals surface area contributed by atoms with Crippen molar-refractivity contribution in [2.45, 2.75) is 41.9 Å². The van der Waals surface area contributed by atoms with E-state index in [1.807, 2.05) is 0 Å². The Labute approximate surface area is 108 Å². The summed E-state index contributed by atoms with van der Waals surface area (Å²) in [5.74, 6) is 0. The minimum absolute atomic E-state index is 0.116. The van der Waals surface area contributed by atoms with E-state index in [4.69, 9.17) is 23.2 Å². The highest BCUT2D eigenvalue weighted by Gasteiger charge is 2.71. The van der Waals surface area contributed by atoms with Gasteiger partial charge in [0.15, 0.2) is 0 Å². The highest BCUT2D eigenvalue weighted by molar-refractivity contribution is 6.47. The average molecular weight is 321 g/mol. The number of hydrogen-bond acceptors (Lipinski definition) is 2. The van der Waals surface area contributed by atoms with Gasteiger partial charge in [0.05, 0.1) is 6.61 Å². The molecule has 1 fully saturated rings. The lowest BCUT2D eigenvalue weighted by atomic mass is 10.1. The van der Waals surface area contributed by atoms with Gasteiger partial charge < -0.3 is 9.47 Å². The standard InChI is InChI=1S/C8H8Cl2F6O2/c1-5(7(11,12)13,8(14,15)16)18-4-2-3-17-6(4,9)10/h4H,2-3H2,1H3. The molecule has 1 unspecified atom stereocenters. The molecule has 1 aliphatic heterocycles. The lowest BCUT2D eigenvalue weighted by Gasteiger charge is -2.37. The van der Waals surface area contributed by atoms with Crippen LogP contribution >= 0.6 is 23.2 Å². The van der Waals surface area contributed by atoms with Gasteiger partial charge in [0.25, 0.3) is 5.60 Å². The van der Waals surface area contributed by atoms with Crippen LogP contribution < -0.4 is 0 Å². The molecule has 1 atom stereocenters. The third kappa shape index (κ3) is 2.81. The molecule has 0 spiro atoms. The summed E-state index contributed by atoms with van der Waals surface area (Å²) in [6.45, 7) is -0.307. The highest BCUT2D eigenvalue weighted by atomic mass is 35.5. The SMILES string of the molecule is CC(OC1CCOC1(Cl)Cl)(C(F)(F)F)C(F)(F)F. The van der Waals surface area contributed by atoms with E-state index in [1.165, 1.54) is 0 Å². The summed E-state index contributed by atoms with van der Waals surface area (Å²) in [4.78, 5) is 0. The van der Waals surface area contributed by atoms with Gasteiger partial charge in [-0.3, -0.25) is 0 Å². The quantitative estimate of drug-likeness (QED) is 0.569. The predicted molar refractivity (Wildman–Crippen MR) is 50.4 cm³/mol. The molecule has 0 aromatic carbocycles. The molecule has 0 N–H and O–H groups in total. The van der Waals surface area contributed by atoms with Gasteiger partial charge in [-0.05, 0) is 6.92 Å². The molecule has 108 valence electrons. The molecule has 10 heteroatoms. The summed E-state index contributed by atoms with van der Waals surface area (Å²) in [7, 11) is 0. The minimum Gasteiger partial charge on any atom is -0.349 e. The maximum absolute atomic E-state index is 12.5. The van der Waals surface area contributed by atoms with Crippen LogP contribution in [0.5, 0.6) is 0 Å². The summed E-state index contributed by atoms with van der Waals surface area (Å²) in [6, 6.07) is 0. The fraction of sp³-hybridized carbons (Fsp3) is 1.00. The molecule has 1 aliphatic rings. The Bertz CT molecular complexity index is 300. The Kier molecular flexibility index (Phi) is 4.10. The Hall–Kier alpha value is 0.0800. The van der Waals surface area contributed by atoms with Gasteiger partial charge in [0, 0.05) is 6.42 Å². The fourth-order valence-corrected chi connectivity index (χ4v) is 1.73. The summed E-state index contributed by atoms with van der Waals surface area (Å²) >= 11 is 10.8. The maximum Gasteiger partial charge on any atom is 0.426 e. The smallest absolute Gasteiger partial charge is 0.349 e. The van der Waals surface area contributed by atoms with Gasteiger partial charge in [-0.2, -0.15) is 26.3 Å². The van der Waals surface area contributed by atoms with Gasteiger partial charge in [0.2, 0.25) is 4.52 Å². The maximum atomic E-state index is 12.5. The van der Waals surface area contributed by atoms with Gasteiger partial charge in [-0.1, -0.05) is 23.2 Å². The lowest BCUT2D eigenvalue weighted by Crippen LogP contribution is -2.59. The van der Waals surface area contributed by atoms with Gasteiger partial charge >= 0.3 is 12.4 Å². The molecule has 0 aromatic heterocycles. The first-order valence-corrected chi connectivity index (χ1v) is 5.40. The van der Waals surface area contributed by atoms with Crippen molar-refractivity contribution in [1.82, 2.24) is 0 Å². The Morgan fingerprint density at radius 3 is 1.83 bits per heavy atom.